The Balaban J connectivity index is 2.56. The first kappa shape index (κ1) is 8.26. The zero-order valence-corrected chi connectivity index (χ0v) is 7.25. The van der Waals surface area contributed by atoms with Crippen molar-refractivity contribution >= 4 is 5.82 Å². The molecule has 2 aromatic rings. The average Bonchev–Trinajstić information content (AvgIpc) is 2.65. The lowest BCUT2D eigenvalue weighted by atomic mass is 10.4. The fourth-order valence-corrected chi connectivity index (χ4v) is 1.14. The third-order valence-corrected chi connectivity index (χ3v) is 1.74. The number of nitrogens with two attached hydrogens (primary N) is 1. The van der Waals surface area contributed by atoms with Crippen LogP contribution in [0.4, 0.5) is 5.82 Å². The number of hydrogen-bond donors (Lipinski definition) is 1. The molecule has 5 nitrogen and oxygen atoms in total. The zero-order chi connectivity index (χ0) is 9.97. The van der Waals surface area contributed by atoms with Gasteiger partial charge in [-0.1, -0.05) is 6.07 Å². The standard InChI is InChI=1S/C9H7N5/c10-6-9-12-4-5-14(9)8-3-1-2-7(11)13-8/h1-5H,(H2,11,13). The van der Waals surface area contributed by atoms with Gasteiger partial charge in [0.25, 0.3) is 0 Å². The van der Waals surface area contributed by atoms with E-state index < -0.39 is 0 Å². The summed E-state index contributed by atoms with van der Waals surface area (Å²) in [5, 5.41) is 8.75. The number of pyridine rings is 1. The monoisotopic (exact) mass is 185 g/mol. The third-order valence-electron chi connectivity index (χ3n) is 1.74. The Kier molecular flexibility index (Phi) is 1.88. The van der Waals surface area contributed by atoms with Crippen LogP contribution in [0.25, 0.3) is 5.82 Å². The molecule has 0 fully saturated rings. The maximum Gasteiger partial charge on any atom is 0.218 e. The maximum atomic E-state index is 8.75. The Morgan fingerprint density at radius 3 is 3.00 bits per heavy atom. The van der Waals surface area contributed by atoms with E-state index in [-0.39, 0.29) is 0 Å². The van der Waals surface area contributed by atoms with E-state index in [0.717, 1.165) is 0 Å². The maximum absolute atomic E-state index is 8.75. The molecule has 0 bridgehead atoms. The van der Waals surface area contributed by atoms with E-state index in [9.17, 15) is 0 Å². The molecular weight excluding hydrogens is 178 g/mol. The quantitative estimate of drug-likeness (QED) is 0.709. The molecule has 0 radical (unpaired) electrons. The van der Waals surface area contributed by atoms with E-state index in [0.29, 0.717) is 17.5 Å². The van der Waals surface area contributed by atoms with Crippen molar-refractivity contribution in [1.82, 2.24) is 14.5 Å². The Hall–Kier alpha value is -2.35. The molecule has 0 aromatic carbocycles. The fraction of sp³-hybridized carbons (Fsp3) is 0. The van der Waals surface area contributed by atoms with Gasteiger partial charge in [-0.2, -0.15) is 5.26 Å². The number of anilines is 1. The van der Waals surface area contributed by atoms with Gasteiger partial charge in [0.2, 0.25) is 5.82 Å². The van der Waals surface area contributed by atoms with Gasteiger partial charge in [-0.3, -0.25) is 4.57 Å². The van der Waals surface area contributed by atoms with Gasteiger partial charge < -0.3 is 5.73 Å². The number of nitrogen functional groups attached to an aromatic ring is 1. The van der Waals surface area contributed by atoms with Crippen molar-refractivity contribution in [2.45, 2.75) is 0 Å². The summed E-state index contributed by atoms with van der Waals surface area (Å²) in [6.07, 6.45) is 3.21. The first-order valence-corrected chi connectivity index (χ1v) is 3.97. The third kappa shape index (κ3) is 1.29. The predicted molar refractivity (Wildman–Crippen MR) is 50.5 cm³/mol. The van der Waals surface area contributed by atoms with Gasteiger partial charge in [0, 0.05) is 12.4 Å². The molecule has 68 valence electrons. The minimum atomic E-state index is 0.295. The lowest BCUT2D eigenvalue weighted by Gasteiger charge is -2.02. The topological polar surface area (TPSA) is 80.5 Å². The van der Waals surface area contributed by atoms with Crippen molar-refractivity contribution in [2.24, 2.45) is 0 Å². The summed E-state index contributed by atoms with van der Waals surface area (Å²) in [4.78, 5) is 7.94. The van der Waals surface area contributed by atoms with Crippen LogP contribution < -0.4 is 5.73 Å². The first-order chi connectivity index (χ1) is 6.81. The van der Waals surface area contributed by atoms with Gasteiger partial charge in [-0.25, -0.2) is 9.97 Å². The normalized spacial score (nSPS) is 9.64. The van der Waals surface area contributed by atoms with Crippen molar-refractivity contribution in [3.05, 3.63) is 36.4 Å². The van der Waals surface area contributed by atoms with Crippen LogP contribution in [-0.2, 0) is 0 Å². The van der Waals surface area contributed by atoms with Crippen molar-refractivity contribution in [1.29, 1.82) is 5.26 Å². The van der Waals surface area contributed by atoms with Crippen molar-refractivity contribution < 1.29 is 0 Å². The van der Waals surface area contributed by atoms with E-state index >= 15 is 0 Å². The molecule has 2 rings (SSSR count). The summed E-state index contributed by atoms with van der Waals surface area (Å²) in [6.45, 7) is 0. The summed E-state index contributed by atoms with van der Waals surface area (Å²) in [6, 6.07) is 7.19. The predicted octanol–water partition coefficient (Wildman–Crippen LogP) is 0.721. The van der Waals surface area contributed by atoms with Gasteiger partial charge in [0.15, 0.2) is 0 Å². The van der Waals surface area contributed by atoms with E-state index in [1.54, 1.807) is 35.2 Å². The van der Waals surface area contributed by atoms with Crippen LogP contribution in [0.5, 0.6) is 0 Å². The molecular formula is C9H7N5. The number of rotatable bonds is 1. The SMILES string of the molecule is N#Cc1nccn1-c1cccc(N)n1. The highest BCUT2D eigenvalue weighted by atomic mass is 15.1. The second-order valence-corrected chi connectivity index (χ2v) is 2.65. The van der Waals surface area contributed by atoms with Crippen LogP contribution in [-0.4, -0.2) is 14.5 Å². The molecule has 0 aliphatic heterocycles. The summed E-state index contributed by atoms with van der Waals surface area (Å²) >= 11 is 0. The van der Waals surface area contributed by atoms with Crippen LogP contribution >= 0.6 is 0 Å². The van der Waals surface area contributed by atoms with Crippen LogP contribution in [0, 0.1) is 11.3 Å². The van der Waals surface area contributed by atoms with Crippen molar-refractivity contribution in [3.8, 4) is 11.9 Å². The number of nitriles is 1. The van der Waals surface area contributed by atoms with E-state index in [2.05, 4.69) is 9.97 Å². The second-order valence-electron chi connectivity index (χ2n) is 2.65. The summed E-state index contributed by atoms with van der Waals surface area (Å²) < 4.78 is 1.58. The zero-order valence-electron chi connectivity index (χ0n) is 7.25. The Morgan fingerprint density at radius 1 is 1.43 bits per heavy atom. The highest BCUT2D eigenvalue weighted by Crippen LogP contribution is 2.08. The summed E-state index contributed by atoms with van der Waals surface area (Å²) in [5.41, 5.74) is 5.53. The molecule has 2 N–H and O–H groups in total. The molecule has 0 unspecified atom stereocenters. The minimum absolute atomic E-state index is 0.295. The van der Waals surface area contributed by atoms with Crippen LogP contribution in [0.3, 0.4) is 0 Å². The lowest BCUT2D eigenvalue weighted by molar-refractivity contribution is 0.970. The number of hydrogen-bond acceptors (Lipinski definition) is 4. The van der Waals surface area contributed by atoms with Gasteiger partial charge in [-0.15, -0.1) is 0 Å². The fourth-order valence-electron chi connectivity index (χ4n) is 1.14. The molecule has 0 saturated heterocycles. The Bertz CT molecular complexity index is 494. The molecule has 2 heterocycles. The van der Waals surface area contributed by atoms with Crippen molar-refractivity contribution in [2.75, 3.05) is 5.73 Å². The first-order valence-electron chi connectivity index (χ1n) is 3.97. The molecule has 0 aliphatic rings. The van der Waals surface area contributed by atoms with Crippen LogP contribution in [0.15, 0.2) is 30.6 Å². The largest absolute Gasteiger partial charge is 0.384 e. The highest BCUT2D eigenvalue weighted by Gasteiger charge is 2.04. The van der Waals surface area contributed by atoms with E-state index in [1.165, 1.54) is 0 Å². The van der Waals surface area contributed by atoms with Crippen molar-refractivity contribution in [3.63, 3.8) is 0 Å². The summed E-state index contributed by atoms with van der Waals surface area (Å²) in [7, 11) is 0. The molecule has 0 spiro atoms. The van der Waals surface area contributed by atoms with Gasteiger partial charge >= 0.3 is 0 Å². The van der Waals surface area contributed by atoms with Crippen LogP contribution in [0.2, 0.25) is 0 Å². The summed E-state index contributed by atoms with van der Waals surface area (Å²) in [5.74, 6) is 1.31. The average molecular weight is 185 g/mol. The molecule has 0 amide bonds. The van der Waals surface area contributed by atoms with E-state index in [4.69, 9.17) is 11.0 Å². The molecule has 2 aromatic heterocycles. The molecule has 14 heavy (non-hydrogen) atoms. The van der Waals surface area contributed by atoms with E-state index in [1.807, 2.05) is 6.07 Å². The molecule has 0 aliphatic carbocycles. The lowest BCUT2D eigenvalue weighted by Crippen LogP contribution is -2.01. The number of aromatic nitrogens is 3. The number of nitrogens with zero attached hydrogens (tertiary/aromatic N) is 4. The Labute approximate surface area is 80.4 Å². The van der Waals surface area contributed by atoms with Crippen LogP contribution in [0.1, 0.15) is 5.82 Å². The smallest absolute Gasteiger partial charge is 0.218 e. The minimum Gasteiger partial charge on any atom is -0.384 e. The molecule has 0 atom stereocenters. The highest BCUT2D eigenvalue weighted by molar-refractivity contribution is 5.37. The Morgan fingerprint density at radius 2 is 2.29 bits per heavy atom. The van der Waals surface area contributed by atoms with Gasteiger partial charge in [0.05, 0.1) is 0 Å². The number of imidazole rings is 1. The molecule has 5 heteroatoms. The van der Waals surface area contributed by atoms with Gasteiger partial charge in [0.1, 0.15) is 17.7 Å². The second kappa shape index (κ2) is 3.18. The van der Waals surface area contributed by atoms with Gasteiger partial charge in [-0.05, 0) is 12.1 Å². The molecule has 0 saturated carbocycles.